The van der Waals surface area contributed by atoms with Crippen molar-refractivity contribution in [2.45, 2.75) is 13.5 Å². The molecule has 1 aromatic heterocycles. The molecule has 0 atom stereocenters. The van der Waals surface area contributed by atoms with Crippen LogP contribution in [0.4, 0.5) is 0 Å². The van der Waals surface area contributed by atoms with E-state index in [9.17, 15) is 0 Å². The van der Waals surface area contributed by atoms with Gasteiger partial charge in [0.2, 0.25) is 0 Å². The van der Waals surface area contributed by atoms with Crippen molar-refractivity contribution in [1.29, 1.82) is 0 Å². The van der Waals surface area contributed by atoms with E-state index in [0.717, 1.165) is 11.0 Å². The second-order valence-corrected chi connectivity index (χ2v) is 6.08. The van der Waals surface area contributed by atoms with E-state index in [0.29, 0.717) is 0 Å². The number of nitrogens with zero attached hydrogens (tertiary/aromatic N) is 1. The van der Waals surface area contributed by atoms with Crippen molar-refractivity contribution in [3.05, 3.63) is 71.2 Å². The Morgan fingerprint density at radius 1 is 1.00 bits per heavy atom. The predicted octanol–water partition coefficient (Wildman–Crippen LogP) is 5.65. The van der Waals surface area contributed by atoms with Gasteiger partial charge in [-0.1, -0.05) is 70.6 Å². The fraction of sp³-hybridized carbons (Fsp3) is 0.111. The van der Waals surface area contributed by atoms with Gasteiger partial charge in [-0.25, -0.2) is 0 Å². The third-order valence-electron chi connectivity index (χ3n) is 3.43. The first-order valence-electron chi connectivity index (χ1n) is 6.72. The molecule has 0 bridgehead atoms. The molecule has 2 heteroatoms. The Balaban J connectivity index is 2.12. The first-order valence-corrected chi connectivity index (χ1v) is 7.51. The van der Waals surface area contributed by atoms with Gasteiger partial charge in [-0.05, 0) is 23.5 Å². The number of para-hydroxylation sites is 2. The van der Waals surface area contributed by atoms with Crippen molar-refractivity contribution in [1.82, 2.24) is 4.57 Å². The molecule has 3 aromatic rings. The lowest BCUT2D eigenvalue weighted by atomic mass is 10.2. The molecule has 0 fully saturated rings. The van der Waals surface area contributed by atoms with E-state index >= 15 is 0 Å². The van der Waals surface area contributed by atoms with Crippen molar-refractivity contribution in [2.24, 2.45) is 0 Å². The monoisotopic (exact) mass is 325 g/mol. The number of rotatable bonds is 3. The largest absolute Gasteiger partial charge is 0.337 e. The SMILES string of the molecule is C/C(Br)=C\C=C/Cn1c2ccccc2c2ccccc21. The van der Waals surface area contributed by atoms with Crippen LogP contribution in [0.1, 0.15) is 6.92 Å². The lowest BCUT2D eigenvalue weighted by Crippen LogP contribution is -1.93. The topological polar surface area (TPSA) is 4.93 Å². The normalized spacial score (nSPS) is 12.8. The number of hydrogen-bond donors (Lipinski definition) is 0. The Bertz CT molecular complexity index is 751. The second kappa shape index (κ2) is 5.68. The number of aromatic nitrogens is 1. The van der Waals surface area contributed by atoms with Gasteiger partial charge in [-0.3, -0.25) is 0 Å². The average Bonchev–Trinajstić information content (AvgIpc) is 2.78. The summed E-state index contributed by atoms with van der Waals surface area (Å²) in [6, 6.07) is 17.2. The molecular weight excluding hydrogens is 310 g/mol. The highest BCUT2D eigenvalue weighted by atomic mass is 79.9. The summed E-state index contributed by atoms with van der Waals surface area (Å²) in [5.41, 5.74) is 2.58. The summed E-state index contributed by atoms with van der Waals surface area (Å²) in [7, 11) is 0. The Hall–Kier alpha value is -1.80. The van der Waals surface area contributed by atoms with Crippen molar-refractivity contribution in [2.75, 3.05) is 0 Å². The standard InChI is InChI=1S/C18H16BrN/c1-14(19)8-6-7-13-20-17-11-4-2-9-15(17)16-10-3-5-12-18(16)20/h2-12H,13H2,1H3/b7-6-,14-8+. The van der Waals surface area contributed by atoms with Gasteiger partial charge in [0.05, 0.1) is 0 Å². The van der Waals surface area contributed by atoms with E-state index in [1.165, 1.54) is 21.8 Å². The zero-order valence-corrected chi connectivity index (χ0v) is 13.0. The number of hydrogen-bond acceptors (Lipinski definition) is 0. The Labute approximate surface area is 127 Å². The van der Waals surface area contributed by atoms with Crippen LogP contribution in [0.3, 0.4) is 0 Å². The highest BCUT2D eigenvalue weighted by Gasteiger charge is 2.07. The summed E-state index contributed by atoms with van der Waals surface area (Å²) in [4.78, 5) is 0. The molecule has 2 aromatic carbocycles. The summed E-state index contributed by atoms with van der Waals surface area (Å²) >= 11 is 3.44. The number of allylic oxidation sites excluding steroid dienone is 4. The van der Waals surface area contributed by atoms with Crippen LogP contribution in [0.15, 0.2) is 71.2 Å². The van der Waals surface area contributed by atoms with Crippen LogP contribution < -0.4 is 0 Å². The molecule has 0 N–H and O–H groups in total. The van der Waals surface area contributed by atoms with E-state index in [1.54, 1.807) is 0 Å². The van der Waals surface area contributed by atoms with Crippen molar-refractivity contribution in [3.8, 4) is 0 Å². The van der Waals surface area contributed by atoms with Crippen molar-refractivity contribution in [3.63, 3.8) is 0 Å². The molecular formula is C18H16BrN. The zero-order chi connectivity index (χ0) is 13.9. The van der Waals surface area contributed by atoms with Crippen LogP contribution in [0.25, 0.3) is 21.8 Å². The second-order valence-electron chi connectivity index (χ2n) is 4.83. The Morgan fingerprint density at radius 2 is 1.55 bits per heavy atom. The number of halogens is 1. The third-order valence-corrected chi connectivity index (χ3v) is 3.69. The van der Waals surface area contributed by atoms with Gasteiger partial charge in [-0.2, -0.15) is 0 Å². The first-order chi connectivity index (χ1) is 9.77. The Kier molecular flexibility index (Phi) is 3.75. The maximum atomic E-state index is 3.44. The average molecular weight is 326 g/mol. The number of fused-ring (bicyclic) bond motifs is 3. The molecule has 0 spiro atoms. The summed E-state index contributed by atoms with van der Waals surface area (Å²) < 4.78 is 3.49. The fourth-order valence-electron chi connectivity index (χ4n) is 2.57. The third kappa shape index (κ3) is 2.44. The molecule has 0 aliphatic heterocycles. The van der Waals surface area contributed by atoms with E-state index in [2.05, 4.69) is 87.3 Å². The maximum absolute atomic E-state index is 3.44. The molecule has 3 rings (SSSR count). The smallest absolute Gasteiger partial charge is 0.0494 e. The summed E-state index contributed by atoms with van der Waals surface area (Å²) in [6.07, 6.45) is 6.34. The molecule has 20 heavy (non-hydrogen) atoms. The molecule has 0 aliphatic carbocycles. The van der Waals surface area contributed by atoms with E-state index in [1.807, 2.05) is 6.92 Å². The van der Waals surface area contributed by atoms with Crippen LogP contribution in [0, 0.1) is 0 Å². The first kappa shape index (κ1) is 13.2. The molecule has 0 saturated carbocycles. The van der Waals surface area contributed by atoms with Gasteiger partial charge < -0.3 is 4.57 Å². The minimum absolute atomic E-state index is 0.880. The lowest BCUT2D eigenvalue weighted by molar-refractivity contribution is 0.899. The van der Waals surface area contributed by atoms with E-state index in [-0.39, 0.29) is 0 Å². The van der Waals surface area contributed by atoms with E-state index in [4.69, 9.17) is 0 Å². The van der Waals surface area contributed by atoms with Crippen LogP contribution in [0.2, 0.25) is 0 Å². The predicted molar refractivity (Wildman–Crippen MR) is 91.3 cm³/mol. The zero-order valence-electron chi connectivity index (χ0n) is 11.4. The maximum Gasteiger partial charge on any atom is 0.0494 e. The Morgan fingerprint density at radius 3 is 2.10 bits per heavy atom. The van der Waals surface area contributed by atoms with Gasteiger partial charge in [0.15, 0.2) is 0 Å². The molecule has 0 amide bonds. The van der Waals surface area contributed by atoms with Gasteiger partial charge in [-0.15, -0.1) is 0 Å². The van der Waals surface area contributed by atoms with Crippen molar-refractivity contribution < 1.29 is 0 Å². The molecule has 0 aliphatic rings. The fourth-order valence-corrected chi connectivity index (χ4v) is 2.72. The molecule has 1 nitrogen and oxygen atoms in total. The van der Waals surface area contributed by atoms with Crippen molar-refractivity contribution >= 4 is 37.7 Å². The minimum atomic E-state index is 0.880. The molecule has 0 unspecified atom stereocenters. The molecule has 0 saturated heterocycles. The number of benzene rings is 2. The van der Waals surface area contributed by atoms with Gasteiger partial charge in [0.25, 0.3) is 0 Å². The van der Waals surface area contributed by atoms with Gasteiger partial charge >= 0.3 is 0 Å². The highest BCUT2D eigenvalue weighted by molar-refractivity contribution is 9.11. The quantitative estimate of drug-likeness (QED) is 0.548. The molecule has 1 heterocycles. The van der Waals surface area contributed by atoms with Crippen LogP contribution in [-0.4, -0.2) is 4.57 Å². The van der Waals surface area contributed by atoms with Gasteiger partial charge in [0.1, 0.15) is 0 Å². The van der Waals surface area contributed by atoms with Crippen LogP contribution in [0.5, 0.6) is 0 Å². The highest BCUT2D eigenvalue weighted by Crippen LogP contribution is 2.28. The van der Waals surface area contributed by atoms with Crippen LogP contribution >= 0.6 is 15.9 Å². The van der Waals surface area contributed by atoms with E-state index < -0.39 is 0 Å². The summed E-state index contributed by atoms with van der Waals surface area (Å²) in [6.45, 7) is 2.91. The lowest BCUT2D eigenvalue weighted by Gasteiger charge is -2.03. The molecule has 0 radical (unpaired) electrons. The summed E-state index contributed by atoms with van der Waals surface area (Å²) in [5, 5.41) is 2.65. The van der Waals surface area contributed by atoms with Crippen LogP contribution in [-0.2, 0) is 6.54 Å². The molecule has 100 valence electrons. The summed E-state index contributed by atoms with van der Waals surface area (Å²) in [5.74, 6) is 0. The minimum Gasteiger partial charge on any atom is -0.337 e. The van der Waals surface area contributed by atoms with Gasteiger partial charge in [0, 0.05) is 28.4 Å².